The first-order valence-electron chi connectivity index (χ1n) is 6.68. The highest BCUT2D eigenvalue weighted by Gasteiger charge is 2.18. The van der Waals surface area contributed by atoms with Gasteiger partial charge in [-0.25, -0.2) is 10.2 Å². The van der Waals surface area contributed by atoms with E-state index in [0.29, 0.717) is 12.6 Å². The van der Waals surface area contributed by atoms with Crippen molar-refractivity contribution in [1.29, 1.82) is 0 Å². The second-order valence-electron chi connectivity index (χ2n) is 5.68. The van der Waals surface area contributed by atoms with Gasteiger partial charge in [0.25, 0.3) is 0 Å². The number of nitrogens with two attached hydrogens (primary N) is 1. The number of rotatable bonds is 5. The van der Waals surface area contributed by atoms with E-state index in [0.717, 1.165) is 23.0 Å². The largest absolute Gasteiger partial charge is 0.443 e. The van der Waals surface area contributed by atoms with Gasteiger partial charge in [-0.1, -0.05) is 0 Å². The summed E-state index contributed by atoms with van der Waals surface area (Å²) < 4.78 is 5.82. The Balaban J connectivity index is 2.35. The van der Waals surface area contributed by atoms with Crippen molar-refractivity contribution in [3.05, 3.63) is 11.8 Å². The van der Waals surface area contributed by atoms with Gasteiger partial charge < -0.3 is 10.5 Å². The second kappa shape index (κ2) is 7.64. The van der Waals surface area contributed by atoms with Gasteiger partial charge in [0.1, 0.15) is 10.2 Å². The second-order valence-corrected chi connectivity index (χ2v) is 6.43. The number of aliphatic imine (C=N–C) groups is 1. The number of carbonyl (C=O) groups excluding carboxylic acids is 1. The molecule has 114 valence electrons. The number of carbonyl (C=O) groups is 1. The zero-order chi connectivity index (χ0) is 15.2. The summed E-state index contributed by atoms with van der Waals surface area (Å²) in [6, 6.07) is 0.387. The lowest BCUT2D eigenvalue weighted by molar-refractivity contribution is 0.0501. The quantitative estimate of drug-likeness (QED) is 0.525. The molecule has 1 aliphatic rings. The molecule has 0 heterocycles. The lowest BCUT2D eigenvalue weighted by Gasteiger charge is -2.22. The average molecular weight is 347 g/mol. The molecule has 6 nitrogen and oxygen atoms in total. The van der Waals surface area contributed by atoms with Crippen LogP contribution in [0, 0.1) is 0 Å². The average Bonchev–Trinajstić information content (AvgIpc) is 2.26. The van der Waals surface area contributed by atoms with Gasteiger partial charge in [0.15, 0.2) is 0 Å². The first-order valence-corrected chi connectivity index (χ1v) is 7.47. The molecule has 20 heavy (non-hydrogen) atoms. The Morgan fingerprint density at radius 2 is 2.15 bits per heavy atom. The Morgan fingerprint density at radius 3 is 2.60 bits per heavy atom. The Hall–Kier alpha value is -1.08. The van der Waals surface area contributed by atoms with Crippen LogP contribution in [0.2, 0.25) is 0 Å². The maximum Gasteiger partial charge on any atom is 0.422 e. The molecule has 0 spiro atoms. The smallest absolute Gasteiger partial charge is 0.422 e. The van der Waals surface area contributed by atoms with Crippen LogP contribution in [0.5, 0.6) is 0 Å². The lowest BCUT2D eigenvalue weighted by Crippen LogP contribution is -2.42. The van der Waals surface area contributed by atoms with Crippen molar-refractivity contribution in [1.82, 2.24) is 10.9 Å². The molecule has 0 unspecified atom stereocenters. The van der Waals surface area contributed by atoms with Crippen LogP contribution < -0.4 is 16.6 Å². The van der Waals surface area contributed by atoms with Crippen molar-refractivity contribution >= 4 is 26.6 Å². The fourth-order valence-electron chi connectivity index (χ4n) is 1.47. The molecular weight excluding hydrogens is 324 g/mol. The first-order chi connectivity index (χ1) is 9.31. The van der Waals surface area contributed by atoms with Crippen LogP contribution in [-0.2, 0) is 4.74 Å². The molecule has 0 aliphatic heterocycles. The molecule has 4 N–H and O–H groups in total. The van der Waals surface area contributed by atoms with E-state index in [2.05, 4.69) is 31.8 Å². The minimum atomic E-state index is -0.527. The minimum Gasteiger partial charge on any atom is -0.443 e. The van der Waals surface area contributed by atoms with Crippen molar-refractivity contribution in [3.63, 3.8) is 0 Å². The van der Waals surface area contributed by atoms with Crippen molar-refractivity contribution in [2.75, 3.05) is 6.54 Å². The zero-order valence-electron chi connectivity index (χ0n) is 12.2. The van der Waals surface area contributed by atoms with Gasteiger partial charge in [-0.2, -0.15) is 0 Å². The number of halogens is 1. The molecule has 0 aromatic carbocycles. The number of amides is 1. The highest BCUT2D eigenvalue weighted by Crippen LogP contribution is 2.23. The number of ether oxygens (including phenoxy) is 1. The van der Waals surface area contributed by atoms with Gasteiger partial charge in [-0.05, 0) is 56.0 Å². The van der Waals surface area contributed by atoms with Crippen LogP contribution in [0.1, 0.15) is 40.0 Å². The van der Waals surface area contributed by atoms with Crippen molar-refractivity contribution in [2.45, 2.75) is 51.7 Å². The van der Waals surface area contributed by atoms with Gasteiger partial charge in [0.05, 0.1) is 6.04 Å². The summed E-state index contributed by atoms with van der Waals surface area (Å²) in [5, 5.41) is 0. The van der Waals surface area contributed by atoms with E-state index in [1.165, 1.54) is 12.6 Å². The standard InChI is InChI=1S/C13H23BrN4O2/c1-13(2,3)20-12(19)18-16-8-9(7-15)11(14)17-10-5-4-6-10/h7,10,16H,4-6,8,15H2,1-3H3,(H,18,19). The highest BCUT2D eigenvalue weighted by molar-refractivity contribution is 9.18. The number of hydrogen-bond donors (Lipinski definition) is 3. The maximum atomic E-state index is 11.4. The third-order valence-corrected chi connectivity index (χ3v) is 3.42. The summed E-state index contributed by atoms with van der Waals surface area (Å²) in [5.74, 6) is 0. The fourth-order valence-corrected chi connectivity index (χ4v) is 2.04. The van der Waals surface area contributed by atoms with Crippen LogP contribution in [0.25, 0.3) is 0 Å². The highest BCUT2D eigenvalue weighted by atomic mass is 79.9. The number of nitrogens with one attached hydrogen (secondary N) is 2. The monoisotopic (exact) mass is 346 g/mol. The van der Waals surface area contributed by atoms with E-state index in [9.17, 15) is 4.79 Å². The lowest BCUT2D eigenvalue weighted by atomic mass is 9.94. The van der Waals surface area contributed by atoms with Crippen LogP contribution in [0.15, 0.2) is 16.8 Å². The topological polar surface area (TPSA) is 88.7 Å². The molecule has 0 aromatic heterocycles. The van der Waals surface area contributed by atoms with Gasteiger partial charge in [-0.15, -0.1) is 0 Å². The summed E-state index contributed by atoms with van der Waals surface area (Å²) >= 11 is 3.41. The molecule has 1 fully saturated rings. The fraction of sp³-hybridized carbons (Fsp3) is 0.692. The molecule has 0 aromatic rings. The summed E-state index contributed by atoms with van der Waals surface area (Å²) in [4.78, 5) is 16.0. The van der Waals surface area contributed by atoms with E-state index in [4.69, 9.17) is 10.5 Å². The van der Waals surface area contributed by atoms with Gasteiger partial charge in [0, 0.05) is 18.3 Å². The molecule has 1 aliphatic carbocycles. The molecule has 1 rings (SSSR count). The van der Waals surface area contributed by atoms with Crippen molar-refractivity contribution in [3.8, 4) is 0 Å². The normalized spacial score (nSPS) is 17.6. The van der Waals surface area contributed by atoms with Gasteiger partial charge >= 0.3 is 6.09 Å². The molecule has 1 amide bonds. The number of hydrogen-bond acceptors (Lipinski definition) is 5. The predicted molar refractivity (Wildman–Crippen MR) is 83.6 cm³/mol. The minimum absolute atomic E-state index is 0.368. The first kappa shape index (κ1) is 17.0. The molecule has 1 saturated carbocycles. The summed E-state index contributed by atoms with van der Waals surface area (Å²) in [6.45, 7) is 5.78. The van der Waals surface area contributed by atoms with Gasteiger partial charge in [-0.3, -0.25) is 10.4 Å². The van der Waals surface area contributed by atoms with E-state index >= 15 is 0 Å². The Kier molecular flexibility index (Phi) is 6.48. The molecular formula is C13H23BrN4O2. The summed E-state index contributed by atoms with van der Waals surface area (Å²) in [6.07, 6.45) is 4.42. The molecule has 0 saturated heterocycles. The van der Waals surface area contributed by atoms with Crippen LogP contribution in [0.3, 0.4) is 0 Å². The predicted octanol–water partition coefficient (Wildman–Crippen LogP) is 2.20. The third-order valence-electron chi connectivity index (χ3n) is 2.70. The molecule has 0 atom stereocenters. The van der Waals surface area contributed by atoms with E-state index < -0.39 is 11.7 Å². The Morgan fingerprint density at radius 1 is 1.50 bits per heavy atom. The van der Waals surface area contributed by atoms with E-state index in [1.807, 2.05) is 0 Å². The van der Waals surface area contributed by atoms with Gasteiger partial charge in [0.2, 0.25) is 0 Å². The summed E-state index contributed by atoms with van der Waals surface area (Å²) in [7, 11) is 0. The molecule has 0 bridgehead atoms. The van der Waals surface area contributed by atoms with Crippen LogP contribution in [-0.4, -0.2) is 28.9 Å². The number of nitrogens with zero attached hydrogens (tertiary/aromatic N) is 1. The SMILES string of the molecule is CC(C)(C)OC(=O)NNCC(=CN)C(Br)=NC1CCC1. The Bertz CT molecular complexity index is 398. The maximum absolute atomic E-state index is 11.4. The molecule has 7 heteroatoms. The zero-order valence-corrected chi connectivity index (χ0v) is 13.8. The van der Waals surface area contributed by atoms with Crippen LogP contribution >= 0.6 is 15.9 Å². The Labute approximate surface area is 128 Å². The number of hydrazine groups is 1. The van der Waals surface area contributed by atoms with Crippen molar-refractivity contribution < 1.29 is 9.53 Å². The molecule has 0 radical (unpaired) electrons. The summed E-state index contributed by atoms with van der Waals surface area (Å²) in [5.41, 5.74) is 11.1. The van der Waals surface area contributed by atoms with E-state index in [-0.39, 0.29) is 0 Å². The van der Waals surface area contributed by atoms with Crippen molar-refractivity contribution in [2.24, 2.45) is 10.7 Å². The van der Waals surface area contributed by atoms with E-state index in [1.54, 1.807) is 20.8 Å². The van der Waals surface area contributed by atoms with Crippen LogP contribution in [0.4, 0.5) is 4.79 Å². The third kappa shape index (κ3) is 6.38.